The van der Waals surface area contributed by atoms with Crippen LogP contribution in [0.25, 0.3) is 11.2 Å². The first kappa shape index (κ1) is 11.7. The van der Waals surface area contributed by atoms with E-state index in [1.54, 1.807) is 0 Å². The molecule has 4 rings (SSSR count). The molecule has 0 saturated carbocycles. The zero-order chi connectivity index (χ0) is 13.7. The molecule has 104 valence electrons. The summed E-state index contributed by atoms with van der Waals surface area (Å²) in [6.45, 7) is 1.85. The fraction of sp³-hybridized carbons (Fsp3) is 0.500. The first-order valence-electron chi connectivity index (χ1n) is 6.41. The molecular formula is C12H12N4O4. The van der Waals surface area contributed by atoms with Crippen LogP contribution < -0.4 is 11.2 Å². The minimum atomic E-state index is -0.415. The second kappa shape index (κ2) is 4.22. The molecule has 0 aromatic carbocycles. The van der Waals surface area contributed by atoms with Crippen LogP contribution in [0.15, 0.2) is 22.0 Å². The fourth-order valence-corrected chi connectivity index (χ4v) is 2.21. The van der Waals surface area contributed by atoms with Gasteiger partial charge in [-0.2, -0.15) is 0 Å². The molecule has 0 bridgehead atoms. The van der Waals surface area contributed by atoms with Crippen molar-refractivity contribution in [2.24, 2.45) is 0 Å². The minimum Gasteiger partial charge on any atom is -0.371 e. The summed E-state index contributed by atoms with van der Waals surface area (Å²) < 4.78 is 12.9. The summed E-state index contributed by atoms with van der Waals surface area (Å²) in [4.78, 5) is 33.0. The molecular weight excluding hydrogens is 264 g/mol. The first-order valence-corrected chi connectivity index (χ1v) is 6.41. The van der Waals surface area contributed by atoms with E-state index in [1.807, 2.05) is 0 Å². The number of aromatic nitrogens is 4. The lowest BCUT2D eigenvalue weighted by atomic mass is 10.4. The number of nitrogens with zero attached hydrogens (tertiary/aromatic N) is 4. The average Bonchev–Trinajstić information content (AvgIpc) is 3.35. The quantitative estimate of drug-likeness (QED) is 0.648. The van der Waals surface area contributed by atoms with Crippen LogP contribution >= 0.6 is 0 Å². The molecule has 0 radical (unpaired) electrons. The van der Waals surface area contributed by atoms with Gasteiger partial charge < -0.3 is 9.47 Å². The zero-order valence-electron chi connectivity index (χ0n) is 10.6. The molecule has 2 atom stereocenters. The van der Waals surface area contributed by atoms with Crippen molar-refractivity contribution in [2.75, 3.05) is 13.2 Å². The molecule has 2 aromatic heterocycles. The van der Waals surface area contributed by atoms with Crippen molar-refractivity contribution < 1.29 is 9.47 Å². The van der Waals surface area contributed by atoms with Gasteiger partial charge in [0.25, 0.3) is 5.56 Å². The highest BCUT2D eigenvalue weighted by Crippen LogP contribution is 2.13. The normalized spacial score (nSPS) is 24.0. The van der Waals surface area contributed by atoms with E-state index >= 15 is 0 Å². The van der Waals surface area contributed by atoms with Gasteiger partial charge in [0.1, 0.15) is 0 Å². The molecule has 2 aliphatic heterocycles. The van der Waals surface area contributed by atoms with Gasteiger partial charge in [0.05, 0.1) is 38.5 Å². The Morgan fingerprint density at radius 3 is 2.30 bits per heavy atom. The van der Waals surface area contributed by atoms with Crippen molar-refractivity contribution in [2.45, 2.75) is 25.3 Å². The van der Waals surface area contributed by atoms with Crippen molar-refractivity contribution in [3.8, 4) is 0 Å². The molecule has 0 spiro atoms. The maximum Gasteiger partial charge on any atom is 0.332 e. The third-order valence-electron chi connectivity index (χ3n) is 3.42. The lowest BCUT2D eigenvalue weighted by Crippen LogP contribution is -2.42. The van der Waals surface area contributed by atoms with Gasteiger partial charge in [0.15, 0.2) is 11.2 Å². The smallest absolute Gasteiger partial charge is 0.332 e. The lowest BCUT2D eigenvalue weighted by molar-refractivity contribution is 0.363. The van der Waals surface area contributed by atoms with Crippen LogP contribution in [0, 0.1) is 0 Å². The van der Waals surface area contributed by atoms with Crippen LogP contribution in [0.2, 0.25) is 0 Å². The van der Waals surface area contributed by atoms with Crippen LogP contribution in [0.3, 0.4) is 0 Å². The van der Waals surface area contributed by atoms with Gasteiger partial charge in [0, 0.05) is 12.4 Å². The standard InChI is InChI=1S/C12H12N4O4/c17-11-9-10(14-2-1-13-9)15(3-7-5-19-7)12(18)16(11)4-8-6-20-8/h1-2,7-8H,3-6H2. The van der Waals surface area contributed by atoms with Crippen molar-refractivity contribution in [1.82, 2.24) is 19.1 Å². The van der Waals surface area contributed by atoms with Gasteiger partial charge in [-0.3, -0.25) is 13.9 Å². The lowest BCUT2D eigenvalue weighted by Gasteiger charge is -2.10. The van der Waals surface area contributed by atoms with Crippen molar-refractivity contribution in [1.29, 1.82) is 0 Å². The minimum absolute atomic E-state index is 0.0148. The Bertz CT molecular complexity index is 788. The predicted molar refractivity (Wildman–Crippen MR) is 67.5 cm³/mol. The molecule has 2 aliphatic rings. The molecule has 8 nitrogen and oxygen atoms in total. The number of rotatable bonds is 4. The molecule has 0 amide bonds. The highest BCUT2D eigenvalue weighted by Gasteiger charge is 2.29. The first-order chi connectivity index (χ1) is 9.74. The second-order valence-corrected chi connectivity index (χ2v) is 4.95. The van der Waals surface area contributed by atoms with E-state index < -0.39 is 5.56 Å². The second-order valence-electron chi connectivity index (χ2n) is 4.95. The van der Waals surface area contributed by atoms with E-state index in [9.17, 15) is 9.59 Å². The Morgan fingerprint density at radius 2 is 1.65 bits per heavy atom. The molecule has 20 heavy (non-hydrogen) atoms. The number of epoxide rings is 2. The van der Waals surface area contributed by atoms with Crippen LogP contribution in [0.4, 0.5) is 0 Å². The molecule has 2 saturated heterocycles. The van der Waals surface area contributed by atoms with E-state index in [0.717, 1.165) is 0 Å². The number of hydrogen-bond acceptors (Lipinski definition) is 6. The number of ether oxygens (including phenoxy) is 2. The molecule has 2 fully saturated rings. The van der Waals surface area contributed by atoms with Gasteiger partial charge in [0.2, 0.25) is 0 Å². The van der Waals surface area contributed by atoms with Gasteiger partial charge in [-0.05, 0) is 0 Å². The van der Waals surface area contributed by atoms with Gasteiger partial charge in [-0.25, -0.2) is 14.8 Å². The van der Waals surface area contributed by atoms with Crippen LogP contribution in [0.5, 0.6) is 0 Å². The van der Waals surface area contributed by atoms with Gasteiger partial charge in [-0.15, -0.1) is 0 Å². The van der Waals surface area contributed by atoms with Crippen molar-refractivity contribution in [3.63, 3.8) is 0 Å². The summed E-state index contributed by atoms with van der Waals surface area (Å²) in [6.07, 6.45) is 2.88. The predicted octanol–water partition coefficient (Wildman–Crippen LogP) is -1.25. The summed E-state index contributed by atoms with van der Waals surface area (Å²) in [5, 5.41) is 0. The fourth-order valence-electron chi connectivity index (χ4n) is 2.21. The third-order valence-corrected chi connectivity index (χ3v) is 3.42. The van der Waals surface area contributed by atoms with E-state index in [-0.39, 0.29) is 30.0 Å². The van der Waals surface area contributed by atoms with E-state index in [0.29, 0.717) is 25.4 Å². The summed E-state index contributed by atoms with van der Waals surface area (Å²) in [5.74, 6) is 0. The monoisotopic (exact) mass is 276 g/mol. The van der Waals surface area contributed by atoms with Crippen molar-refractivity contribution in [3.05, 3.63) is 33.2 Å². The Labute approximate surface area is 112 Å². The summed E-state index contributed by atoms with van der Waals surface area (Å²) in [7, 11) is 0. The van der Waals surface area contributed by atoms with Crippen LogP contribution in [0.1, 0.15) is 0 Å². The SMILES string of the molecule is O=c1c2nccnc2n(CC2CO2)c(=O)n1CC1CO1. The largest absolute Gasteiger partial charge is 0.371 e. The molecule has 4 heterocycles. The highest BCUT2D eigenvalue weighted by molar-refractivity contribution is 5.68. The Kier molecular flexibility index (Phi) is 2.48. The summed E-state index contributed by atoms with van der Waals surface area (Å²) in [5.41, 5.74) is -0.282. The zero-order valence-corrected chi connectivity index (χ0v) is 10.6. The van der Waals surface area contributed by atoms with E-state index in [2.05, 4.69) is 9.97 Å². The summed E-state index contributed by atoms with van der Waals surface area (Å²) >= 11 is 0. The third kappa shape index (κ3) is 1.93. The molecule has 2 unspecified atom stereocenters. The number of fused-ring (bicyclic) bond motifs is 1. The molecule has 0 N–H and O–H groups in total. The topological polar surface area (TPSA) is 94.8 Å². The Balaban J connectivity index is 1.96. The molecule has 2 aromatic rings. The molecule has 0 aliphatic carbocycles. The van der Waals surface area contributed by atoms with E-state index in [4.69, 9.17) is 9.47 Å². The molecule has 8 heteroatoms. The Morgan fingerprint density at radius 1 is 1.05 bits per heavy atom. The van der Waals surface area contributed by atoms with Crippen molar-refractivity contribution >= 4 is 11.2 Å². The maximum absolute atomic E-state index is 12.5. The number of hydrogen-bond donors (Lipinski definition) is 0. The van der Waals surface area contributed by atoms with Gasteiger partial charge >= 0.3 is 5.69 Å². The van der Waals surface area contributed by atoms with E-state index in [1.165, 1.54) is 21.5 Å². The maximum atomic E-state index is 12.5. The highest BCUT2D eigenvalue weighted by atomic mass is 16.6. The average molecular weight is 276 g/mol. The van der Waals surface area contributed by atoms with Gasteiger partial charge in [-0.1, -0.05) is 0 Å². The Hall–Kier alpha value is -2.06. The van der Waals surface area contributed by atoms with Crippen LogP contribution in [-0.2, 0) is 22.6 Å². The summed E-state index contributed by atoms with van der Waals surface area (Å²) in [6, 6.07) is 0. The van der Waals surface area contributed by atoms with Crippen LogP contribution in [-0.4, -0.2) is 44.5 Å².